The minimum absolute atomic E-state index is 0.170. The highest BCUT2D eigenvalue weighted by Gasteiger charge is 2.11. The molecule has 3 N–H and O–H groups in total. The Morgan fingerprint density at radius 2 is 2.06 bits per heavy atom. The van der Waals surface area contributed by atoms with Gasteiger partial charge in [-0.2, -0.15) is 0 Å². The molecule has 0 aliphatic rings. The highest BCUT2D eigenvalue weighted by Crippen LogP contribution is 2.17. The number of hydrogen-bond donors (Lipinski definition) is 2. The van der Waals surface area contributed by atoms with Gasteiger partial charge in [0, 0.05) is 12.0 Å². The third-order valence-electron chi connectivity index (χ3n) is 2.02. The minimum Gasteiger partial charge on any atom is -0.368 e. The zero-order chi connectivity index (χ0) is 12.3. The molecule has 1 aromatic heterocycles. The van der Waals surface area contributed by atoms with Crippen molar-refractivity contribution in [1.82, 2.24) is 9.97 Å². The normalized spacial score (nSPS) is 12.6. The zero-order valence-corrected chi connectivity index (χ0v) is 10.2. The number of carbonyl (C=O) groups is 1. The van der Waals surface area contributed by atoms with Crippen molar-refractivity contribution in [3.05, 3.63) is 17.0 Å². The molecular weight excluding hydrogens is 228 g/mol. The van der Waals surface area contributed by atoms with E-state index in [1.807, 2.05) is 13.8 Å². The minimum atomic E-state index is -0.494. The van der Waals surface area contributed by atoms with Crippen molar-refractivity contribution < 1.29 is 4.79 Å². The quantitative estimate of drug-likeness (QED) is 0.785. The summed E-state index contributed by atoms with van der Waals surface area (Å²) in [4.78, 5) is 19.2. The molecular formula is C10H15ClN4O. The standard InChI is InChI=1S/C10H15ClN4O/c1-5(2)10-14-7(11)4-8(15-10)13-6(3)9(12)16/h4-6H,1-3H3,(H2,12,16)(H,13,14,15). The molecule has 0 saturated heterocycles. The number of carbonyl (C=O) groups excluding carboxylic acids is 1. The summed E-state index contributed by atoms with van der Waals surface area (Å²) in [6.45, 7) is 5.59. The Balaban J connectivity index is 2.92. The van der Waals surface area contributed by atoms with Crippen molar-refractivity contribution in [3.63, 3.8) is 0 Å². The first-order valence-corrected chi connectivity index (χ1v) is 5.38. The van der Waals surface area contributed by atoms with Crippen LogP contribution in [-0.4, -0.2) is 21.9 Å². The van der Waals surface area contributed by atoms with Crippen LogP contribution in [0.3, 0.4) is 0 Å². The van der Waals surface area contributed by atoms with Crippen LogP contribution in [0, 0.1) is 0 Å². The Bertz CT molecular complexity index is 394. The number of nitrogens with two attached hydrogens (primary N) is 1. The summed E-state index contributed by atoms with van der Waals surface area (Å²) in [5, 5.41) is 3.21. The molecule has 88 valence electrons. The van der Waals surface area contributed by atoms with E-state index in [1.165, 1.54) is 0 Å². The molecule has 0 spiro atoms. The second-order valence-electron chi connectivity index (χ2n) is 3.86. The number of anilines is 1. The molecule has 0 fully saturated rings. The lowest BCUT2D eigenvalue weighted by Gasteiger charge is -2.12. The van der Waals surface area contributed by atoms with E-state index in [2.05, 4.69) is 15.3 Å². The molecule has 0 aliphatic heterocycles. The monoisotopic (exact) mass is 242 g/mol. The Hall–Kier alpha value is -1.36. The Labute approximate surface area is 99.4 Å². The van der Waals surface area contributed by atoms with Gasteiger partial charge >= 0.3 is 0 Å². The predicted octanol–water partition coefficient (Wildman–Crippen LogP) is 1.54. The molecule has 6 heteroatoms. The lowest BCUT2D eigenvalue weighted by atomic mass is 10.2. The summed E-state index contributed by atoms with van der Waals surface area (Å²) in [6, 6.07) is 1.07. The average molecular weight is 243 g/mol. The number of aromatic nitrogens is 2. The SMILES string of the molecule is CC(Nc1cc(Cl)nc(C(C)C)n1)C(N)=O. The number of nitrogens with zero attached hydrogens (tertiary/aromatic N) is 2. The van der Waals surface area contributed by atoms with Gasteiger partial charge in [-0.1, -0.05) is 25.4 Å². The summed E-state index contributed by atoms with van der Waals surface area (Å²) < 4.78 is 0. The number of rotatable bonds is 4. The Morgan fingerprint density at radius 1 is 1.44 bits per heavy atom. The van der Waals surface area contributed by atoms with Gasteiger partial charge in [0.1, 0.15) is 22.8 Å². The van der Waals surface area contributed by atoms with E-state index in [-0.39, 0.29) is 5.92 Å². The molecule has 0 bridgehead atoms. The number of nitrogens with one attached hydrogen (secondary N) is 1. The van der Waals surface area contributed by atoms with Crippen LogP contribution in [0.15, 0.2) is 6.07 Å². The molecule has 1 atom stereocenters. The molecule has 16 heavy (non-hydrogen) atoms. The number of hydrogen-bond acceptors (Lipinski definition) is 4. The number of amides is 1. The van der Waals surface area contributed by atoms with Crippen LogP contribution in [-0.2, 0) is 4.79 Å². The highest BCUT2D eigenvalue weighted by atomic mass is 35.5. The van der Waals surface area contributed by atoms with E-state index in [1.54, 1.807) is 13.0 Å². The fourth-order valence-electron chi connectivity index (χ4n) is 1.06. The fraction of sp³-hybridized carbons (Fsp3) is 0.500. The van der Waals surface area contributed by atoms with Crippen LogP contribution in [0.25, 0.3) is 0 Å². The second-order valence-corrected chi connectivity index (χ2v) is 4.24. The third kappa shape index (κ3) is 3.34. The lowest BCUT2D eigenvalue weighted by Crippen LogP contribution is -2.32. The molecule has 0 radical (unpaired) electrons. The molecule has 0 aliphatic carbocycles. The van der Waals surface area contributed by atoms with Crippen LogP contribution >= 0.6 is 11.6 Å². The van der Waals surface area contributed by atoms with Gasteiger partial charge < -0.3 is 11.1 Å². The van der Waals surface area contributed by atoms with Crippen LogP contribution in [0.5, 0.6) is 0 Å². The largest absolute Gasteiger partial charge is 0.368 e. The highest BCUT2D eigenvalue weighted by molar-refractivity contribution is 6.29. The molecule has 0 saturated carbocycles. The Morgan fingerprint density at radius 3 is 2.56 bits per heavy atom. The van der Waals surface area contributed by atoms with E-state index in [0.29, 0.717) is 16.8 Å². The molecule has 5 nitrogen and oxygen atoms in total. The third-order valence-corrected chi connectivity index (χ3v) is 2.21. The van der Waals surface area contributed by atoms with Crippen molar-refractivity contribution in [2.75, 3.05) is 5.32 Å². The van der Waals surface area contributed by atoms with Gasteiger partial charge in [0.05, 0.1) is 0 Å². The average Bonchev–Trinajstić information content (AvgIpc) is 2.16. The second kappa shape index (κ2) is 5.12. The first-order valence-electron chi connectivity index (χ1n) is 5.00. The number of primary amides is 1. The summed E-state index contributed by atoms with van der Waals surface area (Å²) in [5.41, 5.74) is 5.14. The lowest BCUT2D eigenvalue weighted by molar-refractivity contribution is -0.118. The van der Waals surface area contributed by atoms with Gasteiger partial charge in [0.25, 0.3) is 0 Å². The molecule has 1 unspecified atom stereocenters. The molecule has 1 amide bonds. The molecule has 0 aromatic carbocycles. The summed E-state index contributed by atoms with van der Waals surface area (Å²) >= 11 is 5.85. The van der Waals surface area contributed by atoms with Crippen LogP contribution in [0.2, 0.25) is 5.15 Å². The van der Waals surface area contributed by atoms with Crippen LogP contribution in [0.4, 0.5) is 5.82 Å². The van der Waals surface area contributed by atoms with Crippen molar-refractivity contribution in [2.24, 2.45) is 5.73 Å². The van der Waals surface area contributed by atoms with E-state index >= 15 is 0 Å². The first kappa shape index (κ1) is 12.7. The summed E-state index contributed by atoms with van der Waals surface area (Å²) in [6.07, 6.45) is 0. The van der Waals surface area contributed by atoms with Crippen molar-refractivity contribution in [1.29, 1.82) is 0 Å². The zero-order valence-electron chi connectivity index (χ0n) is 9.49. The van der Waals surface area contributed by atoms with E-state index in [0.717, 1.165) is 0 Å². The van der Waals surface area contributed by atoms with Gasteiger partial charge in [-0.3, -0.25) is 4.79 Å². The Kier molecular flexibility index (Phi) is 4.06. The smallest absolute Gasteiger partial charge is 0.239 e. The topological polar surface area (TPSA) is 80.9 Å². The van der Waals surface area contributed by atoms with Gasteiger partial charge in [-0.05, 0) is 6.92 Å². The molecule has 1 aromatic rings. The molecule has 1 heterocycles. The predicted molar refractivity (Wildman–Crippen MR) is 63.4 cm³/mol. The van der Waals surface area contributed by atoms with Gasteiger partial charge in [0.15, 0.2) is 0 Å². The maximum atomic E-state index is 10.9. The van der Waals surface area contributed by atoms with Crippen LogP contribution in [0.1, 0.15) is 32.5 Å². The summed E-state index contributed by atoms with van der Waals surface area (Å²) in [7, 11) is 0. The van der Waals surface area contributed by atoms with Gasteiger partial charge in [-0.25, -0.2) is 9.97 Å². The first-order chi connectivity index (χ1) is 7.40. The van der Waals surface area contributed by atoms with Crippen molar-refractivity contribution in [3.8, 4) is 0 Å². The van der Waals surface area contributed by atoms with E-state index in [4.69, 9.17) is 17.3 Å². The van der Waals surface area contributed by atoms with Crippen molar-refractivity contribution >= 4 is 23.3 Å². The fourth-order valence-corrected chi connectivity index (χ4v) is 1.25. The van der Waals surface area contributed by atoms with E-state index in [9.17, 15) is 4.79 Å². The number of halogens is 1. The van der Waals surface area contributed by atoms with Crippen molar-refractivity contribution in [2.45, 2.75) is 32.7 Å². The van der Waals surface area contributed by atoms with E-state index < -0.39 is 11.9 Å². The summed E-state index contributed by atoms with van der Waals surface area (Å²) in [5.74, 6) is 0.866. The van der Waals surface area contributed by atoms with Gasteiger partial charge in [0.2, 0.25) is 5.91 Å². The maximum absolute atomic E-state index is 10.9. The van der Waals surface area contributed by atoms with Crippen LogP contribution < -0.4 is 11.1 Å². The molecule has 1 rings (SSSR count). The maximum Gasteiger partial charge on any atom is 0.239 e. The van der Waals surface area contributed by atoms with Gasteiger partial charge in [-0.15, -0.1) is 0 Å².